The molecule has 0 unspecified atom stereocenters. The number of amides is 1. The standard InChI is InChI=1S/C16H20N2O/c1-12-5-8-15(14(10-12)4-3-9-17)16(19)18(2)11-13-6-7-13/h5,8,10,13H,6-7,9,11,17H2,1-2H3. The molecule has 1 aliphatic rings. The van der Waals surface area contributed by atoms with Gasteiger partial charge in [-0.3, -0.25) is 4.79 Å². The van der Waals surface area contributed by atoms with Crippen molar-refractivity contribution >= 4 is 5.91 Å². The Morgan fingerprint density at radius 1 is 1.47 bits per heavy atom. The van der Waals surface area contributed by atoms with Crippen molar-refractivity contribution in [1.82, 2.24) is 4.90 Å². The smallest absolute Gasteiger partial charge is 0.254 e. The zero-order valence-electron chi connectivity index (χ0n) is 11.6. The van der Waals surface area contributed by atoms with Gasteiger partial charge in [-0.15, -0.1) is 0 Å². The van der Waals surface area contributed by atoms with E-state index >= 15 is 0 Å². The zero-order chi connectivity index (χ0) is 13.8. The number of nitrogens with zero attached hydrogens (tertiary/aromatic N) is 1. The molecule has 1 aromatic carbocycles. The summed E-state index contributed by atoms with van der Waals surface area (Å²) in [4.78, 5) is 14.2. The van der Waals surface area contributed by atoms with Gasteiger partial charge in [-0.25, -0.2) is 0 Å². The van der Waals surface area contributed by atoms with E-state index in [1.807, 2.05) is 32.2 Å². The van der Waals surface area contributed by atoms with Crippen LogP contribution in [-0.2, 0) is 0 Å². The third kappa shape index (κ3) is 3.59. The van der Waals surface area contributed by atoms with E-state index in [2.05, 4.69) is 11.8 Å². The lowest BCUT2D eigenvalue weighted by Crippen LogP contribution is -2.29. The molecule has 0 spiro atoms. The van der Waals surface area contributed by atoms with Crippen molar-refractivity contribution in [2.45, 2.75) is 19.8 Å². The van der Waals surface area contributed by atoms with Gasteiger partial charge in [-0.05, 0) is 43.4 Å². The molecular formula is C16H20N2O. The van der Waals surface area contributed by atoms with Crippen LogP contribution in [0.1, 0.15) is 34.3 Å². The van der Waals surface area contributed by atoms with E-state index in [9.17, 15) is 4.79 Å². The molecular weight excluding hydrogens is 236 g/mol. The number of hydrogen-bond acceptors (Lipinski definition) is 2. The topological polar surface area (TPSA) is 46.3 Å². The van der Waals surface area contributed by atoms with Crippen LogP contribution < -0.4 is 5.73 Å². The van der Waals surface area contributed by atoms with Gasteiger partial charge in [0.15, 0.2) is 0 Å². The minimum atomic E-state index is 0.0493. The first kappa shape index (κ1) is 13.6. The van der Waals surface area contributed by atoms with Gasteiger partial charge in [0.2, 0.25) is 0 Å². The Bertz CT molecular complexity index is 535. The van der Waals surface area contributed by atoms with Gasteiger partial charge in [0.25, 0.3) is 5.91 Å². The van der Waals surface area contributed by atoms with Crippen molar-refractivity contribution in [2.75, 3.05) is 20.1 Å². The molecule has 100 valence electrons. The quantitative estimate of drug-likeness (QED) is 0.838. The summed E-state index contributed by atoms with van der Waals surface area (Å²) >= 11 is 0. The van der Waals surface area contributed by atoms with Crippen LogP contribution in [0.5, 0.6) is 0 Å². The van der Waals surface area contributed by atoms with Crippen molar-refractivity contribution in [3.05, 3.63) is 34.9 Å². The summed E-state index contributed by atoms with van der Waals surface area (Å²) in [5, 5.41) is 0. The first-order chi connectivity index (χ1) is 9.11. The number of carbonyl (C=O) groups excluding carboxylic acids is 1. The summed E-state index contributed by atoms with van der Waals surface area (Å²) in [6.45, 7) is 3.14. The first-order valence-corrected chi connectivity index (χ1v) is 6.67. The highest BCUT2D eigenvalue weighted by molar-refractivity contribution is 5.96. The van der Waals surface area contributed by atoms with E-state index in [0.717, 1.165) is 17.7 Å². The van der Waals surface area contributed by atoms with Crippen molar-refractivity contribution in [1.29, 1.82) is 0 Å². The second-order valence-electron chi connectivity index (χ2n) is 5.18. The minimum absolute atomic E-state index is 0.0493. The molecule has 0 heterocycles. The number of aryl methyl sites for hydroxylation is 1. The van der Waals surface area contributed by atoms with E-state index in [1.165, 1.54) is 12.8 Å². The summed E-state index contributed by atoms with van der Waals surface area (Å²) in [5.74, 6) is 6.56. The van der Waals surface area contributed by atoms with Gasteiger partial charge >= 0.3 is 0 Å². The van der Waals surface area contributed by atoms with Crippen LogP contribution in [0, 0.1) is 24.7 Å². The predicted molar refractivity (Wildman–Crippen MR) is 76.8 cm³/mol. The Morgan fingerprint density at radius 2 is 2.21 bits per heavy atom. The molecule has 0 radical (unpaired) electrons. The van der Waals surface area contributed by atoms with Gasteiger partial charge < -0.3 is 10.6 Å². The lowest BCUT2D eigenvalue weighted by molar-refractivity contribution is 0.0788. The number of benzene rings is 1. The number of carbonyl (C=O) groups is 1. The molecule has 2 N–H and O–H groups in total. The predicted octanol–water partition coefficient (Wildman–Crippen LogP) is 1.79. The Balaban J connectivity index is 2.23. The summed E-state index contributed by atoms with van der Waals surface area (Å²) < 4.78 is 0. The fourth-order valence-electron chi connectivity index (χ4n) is 2.07. The highest BCUT2D eigenvalue weighted by Crippen LogP contribution is 2.29. The second kappa shape index (κ2) is 5.90. The normalized spacial score (nSPS) is 13.6. The van der Waals surface area contributed by atoms with Crippen LogP contribution in [0.2, 0.25) is 0 Å². The van der Waals surface area contributed by atoms with Gasteiger partial charge in [-0.1, -0.05) is 17.9 Å². The third-order valence-corrected chi connectivity index (χ3v) is 3.31. The summed E-state index contributed by atoms with van der Waals surface area (Å²) in [7, 11) is 1.86. The molecule has 0 aliphatic heterocycles. The van der Waals surface area contributed by atoms with Crippen LogP contribution >= 0.6 is 0 Å². The summed E-state index contributed by atoms with van der Waals surface area (Å²) in [6, 6.07) is 5.76. The van der Waals surface area contributed by atoms with Gasteiger partial charge in [-0.2, -0.15) is 0 Å². The molecule has 1 saturated carbocycles. The molecule has 1 aliphatic carbocycles. The highest BCUT2D eigenvalue weighted by Gasteiger charge is 2.25. The zero-order valence-corrected chi connectivity index (χ0v) is 11.6. The maximum Gasteiger partial charge on any atom is 0.254 e. The Hall–Kier alpha value is -1.79. The number of hydrogen-bond donors (Lipinski definition) is 1. The SMILES string of the molecule is Cc1ccc(C(=O)N(C)CC2CC2)c(C#CCN)c1. The Morgan fingerprint density at radius 3 is 2.84 bits per heavy atom. The van der Waals surface area contributed by atoms with Gasteiger partial charge in [0.05, 0.1) is 12.1 Å². The number of rotatable bonds is 3. The lowest BCUT2D eigenvalue weighted by atomic mass is 10.0. The molecule has 3 nitrogen and oxygen atoms in total. The molecule has 1 amide bonds. The monoisotopic (exact) mass is 256 g/mol. The molecule has 1 aromatic rings. The van der Waals surface area contributed by atoms with Crippen LogP contribution in [0.3, 0.4) is 0 Å². The van der Waals surface area contributed by atoms with Crippen LogP contribution in [-0.4, -0.2) is 30.9 Å². The average Bonchev–Trinajstić information content (AvgIpc) is 3.19. The van der Waals surface area contributed by atoms with Crippen molar-refractivity contribution in [3.8, 4) is 11.8 Å². The van der Waals surface area contributed by atoms with E-state index in [0.29, 0.717) is 18.0 Å². The van der Waals surface area contributed by atoms with Crippen LogP contribution in [0.4, 0.5) is 0 Å². The Labute approximate surface area is 114 Å². The molecule has 1 fully saturated rings. The van der Waals surface area contributed by atoms with Gasteiger partial charge in [0, 0.05) is 19.2 Å². The summed E-state index contributed by atoms with van der Waals surface area (Å²) in [5.41, 5.74) is 7.96. The van der Waals surface area contributed by atoms with E-state index in [-0.39, 0.29) is 5.91 Å². The van der Waals surface area contributed by atoms with Crippen LogP contribution in [0.15, 0.2) is 18.2 Å². The lowest BCUT2D eigenvalue weighted by Gasteiger charge is -2.18. The minimum Gasteiger partial charge on any atom is -0.341 e. The first-order valence-electron chi connectivity index (χ1n) is 6.67. The molecule has 3 heteroatoms. The molecule has 0 aromatic heterocycles. The largest absolute Gasteiger partial charge is 0.341 e. The van der Waals surface area contributed by atoms with Crippen molar-refractivity contribution in [2.24, 2.45) is 11.7 Å². The Kier molecular flexibility index (Phi) is 4.24. The fraction of sp³-hybridized carbons (Fsp3) is 0.438. The molecule has 19 heavy (non-hydrogen) atoms. The maximum absolute atomic E-state index is 12.4. The van der Waals surface area contributed by atoms with Crippen molar-refractivity contribution in [3.63, 3.8) is 0 Å². The molecule has 0 bridgehead atoms. The average molecular weight is 256 g/mol. The van der Waals surface area contributed by atoms with E-state index in [1.54, 1.807) is 4.90 Å². The fourth-order valence-corrected chi connectivity index (χ4v) is 2.07. The molecule has 0 atom stereocenters. The second-order valence-corrected chi connectivity index (χ2v) is 5.18. The molecule has 2 rings (SSSR count). The number of nitrogens with two attached hydrogens (primary N) is 1. The molecule has 0 saturated heterocycles. The van der Waals surface area contributed by atoms with Crippen molar-refractivity contribution < 1.29 is 4.79 Å². The van der Waals surface area contributed by atoms with Crippen LogP contribution in [0.25, 0.3) is 0 Å². The van der Waals surface area contributed by atoms with E-state index in [4.69, 9.17) is 5.73 Å². The van der Waals surface area contributed by atoms with Gasteiger partial charge in [0.1, 0.15) is 0 Å². The maximum atomic E-state index is 12.4. The van der Waals surface area contributed by atoms with E-state index < -0.39 is 0 Å². The highest BCUT2D eigenvalue weighted by atomic mass is 16.2. The summed E-state index contributed by atoms with van der Waals surface area (Å²) in [6.07, 6.45) is 2.48. The third-order valence-electron chi connectivity index (χ3n) is 3.31.